The van der Waals surface area contributed by atoms with Gasteiger partial charge >= 0.3 is 0 Å². The quantitative estimate of drug-likeness (QED) is 0.843. The monoisotopic (exact) mass is 368 g/mol. The molecule has 2 heterocycles. The van der Waals surface area contributed by atoms with Crippen molar-refractivity contribution in [1.29, 1.82) is 0 Å². The highest BCUT2D eigenvalue weighted by Gasteiger charge is 2.24. The second-order valence-corrected chi connectivity index (χ2v) is 8.81. The van der Waals surface area contributed by atoms with Crippen LogP contribution in [0.15, 0.2) is 39.9 Å². The molecule has 0 fully saturated rings. The van der Waals surface area contributed by atoms with Gasteiger partial charge in [-0.05, 0) is 54.4 Å². The summed E-state index contributed by atoms with van der Waals surface area (Å²) < 4.78 is 32.4. The van der Waals surface area contributed by atoms with Gasteiger partial charge in [0.2, 0.25) is 0 Å². The number of nitrogens with one attached hydrogen (secondary N) is 1. The van der Waals surface area contributed by atoms with Crippen LogP contribution in [-0.2, 0) is 21.2 Å². The Labute approximate surface area is 144 Å². The topological polar surface area (TPSA) is 58.6 Å². The number of rotatable bonds is 3. The third-order valence-corrected chi connectivity index (χ3v) is 6.97. The van der Waals surface area contributed by atoms with Gasteiger partial charge in [-0.3, -0.25) is 4.31 Å². The number of thiocarbonyl (C=S) groups is 1. The van der Waals surface area contributed by atoms with Crippen LogP contribution in [0.3, 0.4) is 0 Å². The molecule has 0 bridgehead atoms. The Morgan fingerprint density at radius 3 is 2.87 bits per heavy atom. The SMILES string of the molecule is CC1Cc2cc(N(C)S(=O)(=O)c3cccs3)ccc2NC(=S)O1. The molecule has 1 aliphatic heterocycles. The second-order valence-electron chi connectivity index (χ2n) is 5.29. The lowest BCUT2D eigenvalue weighted by Crippen LogP contribution is -2.26. The van der Waals surface area contributed by atoms with E-state index in [2.05, 4.69) is 5.32 Å². The number of fused-ring (bicyclic) bond motifs is 1. The van der Waals surface area contributed by atoms with Crippen LogP contribution in [0.2, 0.25) is 0 Å². The summed E-state index contributed by atoms with van der Waals surface area (Å²) in [7, 11) is -1.97. The van der Waals surface area contributed by atoms with Crippen molar-refractivity contribution in [3.8, 4) is 0 Å². The fourth-order valence-electron chi connectivity index (χ4n) is 2.42. The fraction of sp³-hybridized carbons (Fsp3) is 0.267. The van der Waals surface area contributed by atoms with Gasteiger partial charge in [0.15, 0.2) is 0 Å². The van der Waals surface area contributed by atoms with Crippen molar-refractivity contribution in [1.82, 2.24) is 0 Å². The van der Waals surface area contributed by atoms with Crippen molar-refractivity contribution in [2.24, 2.45) is 0 Å². The molecule has 8 heteroatoms. The largest absolute Gasteiger partial charge is 0.467 e. The van der Waals surface area contributed by atoms with E-state index in [4.69, 9.17) is 17.0 Å². The third kappa shape index (κ3) is 3.19. The Morgan fingerprint density at radius 1 is 1.39 bits per heavy atom. The normalized spacial score (nSPS) is 17.7. The summed E-state index contributed by atoms with van der Waals surface area (Å²) in [6.07, 6.45) is 0.592. The Balaban J connectivity index is 1.97. The van der Waals surface area contributed by atoms with Gasteiger partial charge in [-0.1, -0.05) is 6.07 Å². The van der Waals surface area contributed by atoms with Crippen LogP contribution in [0.5, 0.6) is 0 Å². The van der Waals surface area contributed by atoms with E-state index in [1.165, 1.54) is 15.6 Å². The molecule has 1 aliphatic rings. The molecule has 0 spiro atoms. The average molecular weight is 369 g/mol. The summed E-state index contributed by atoms with van der Waals surface area (Å²) in [5, 5.41) is 5.12. The highest BCUT2D eigenvalue weighted by Crippen LogP contribution is 2.30. The number of benzene rings is 1. The Morgan fingerprint density at radius 2 is 2.17 bits per heavy atom. The third-order valence-electron chi connectivity index (χ3n) is 3.61. The summed E-state index contributed by atoms with van der Waals surface area (Å²) in [6.45, 7) is 1.93. The minimum atomic E-state index is -3.53. The van der Waals surface area contributed by atoms with Crippen molar-refractivity contribution in [3.63, 3.8) is 0 Å². The summed E-state index contributed by atoms with van der Waals surface area (Å²) in [4.78, 5) is 0. The molecule has 23 heavy (non-hydrogen) atoms. The average Bonchev–Trinajstić information content (AvgIpc) is 2.98. The highest BCUT2D eigenvalue weighted by atomic mass is 32.2. The van der Waals surface area contributed by atoms with Crippen molar-refractivity contribution in [2.45, 2.75) is 23.7 Å². The van der Waals surface area contributed by atoms with Crippen LogP contribution in [0.4, 0.5) is 11.4 Å². The van der Waals surface area contributed by atoms with E-state index in [-0.39, 0.29) is 6.10 Å². The van der Waals surface area contributed by atoms with Crippen LogP contribution < -0.4 is 9.62 Å². The molecule has 0 saturated heterocycles. The summed E-state index contributed by atoms with van der Waals surface area (Å²) >= 11 is 6.31. The molecule has 1 unspecified atom stereocenters. The maximum Gasteiger partial charge on any atom is 0.273 e. The Hall–Kier alpha value is -1.64. The van der Waals surface area contributed by atoms with Gasteiger partial charge in [0.1, 0.15) is 10.3 Å². The second kappa shape index (κ2) is 6.10. The van der Waals surface area contributed by atoms with E-state index in [1.54, 1.807) is 30.6 Å². The highest BCUT2D eigenvalue weighted by molar-refractivity contribution is 7.94. The fourth-order valence-corrected chi connectivity index (χ4v) is 5.05. The summed E-state index contributed by atoms with van der Waals surface area (Å²) in [6, 6.07) is 8.79. The van der Waals surface area contributed by atoms with Crippen LogP contribution in [-0.4, -0.2) is 26.7 Å². The molecule has 1 aromatic carbocycles. The first kappa shape index (κ1) is 16.2. The van der Waals surface area contributed by atoms with E-state index in [9.17, 15) is 8.42 Å². The van der Waals surface area contributed by atoms with Gasteiger partial charge in [-0.15, -0.1) is 11.3 Å². The number of sulfonamides is 1. The van der Waals surface area contributed by atoms with Gasteiger partial charge in [-0.2, -0.15) is 0 Å². The van der Waals surface area contributed by atoms with Crippen molar-refractivity contribution >= 4 is 50.1 Å². The summed E-state index contributed by atoms with van der Waals surface area (Å²) in [5.74, 6) is 0. The number of anilines is 2. The molecule has 1 N–H and O–H groups in total. The standard InChI is InChI=1S/C15H16N2O3S3/c1-10-8-11-9-12(5-6-13(11)16-15(21)20-10)17(2)23(18,19)14-4-3-7-22-14/h3-7,9-10H,8H2,1-2H3,(H,16,21). The molecule has 1 aromatic heterocycles. The molecular weight excluding hydrogens is 352 g/mol. The van der Waals surface area contributed by atoms with Gasteiger partial charge in [0.25, 0.3) is 15.2 Å². The van der Waals surface area contributed by atoms with Crippen molar-refractivity contribution in [2.75, 3.05) is 16.7 Å². The summed E-state index contributed by atoms with van der Waals surface area (Å²) in [5.41, 5.74) is 2.44. The molecule has 2 aromatic rings. The zero-order valence-corrected chi connectivity index (χ0v) is 15.1. The van der Waals surface area contributed by atoms with E-state index in [0.717, 1.165) is 11.3 Å². The van der Waals surface area contributed by atoms with Crippen LogP contribution in [0, 0.1) is 0 Å². The maximum atomic E-state index is 12.6. The van der Waals surface area contributed by atoms with Gasteiger partial charge in [-0.25, -0.2) is 8.42 Å². The van der Waals surface area contributed by atoms with E-state index in [0.29, 0.717) is 21.5 Å². The lowest BCUT2D eigenvalue weighted by atomic mass is 10.1. The molecule has 0 saturated carbocycles. The van der Waals surface area contributed by atoms with Crippen LogP contribution in [0.1, 0.15) is 12.5 Å². The van der Waals surface area contributed by atoms with Gasteiger partial charge in [0, 0.05) is 19.2 Å². The maximum absolute atomic E-state index is 12.6. The predicted molar refractivity (Wildman–Crippen MR) is 96.8 cm³/mol. The van der Waals surface area contributed by atoms with Gasteiger partial charge < -0.3 is 10.1 Å². The van der Waals surface area contributed by atoms with Crippen molar-refractivity contribution < 1.29 is 13.2 Å². The Bertz CT molecular complexity index is 832. The molecule has 5 nitrogen and oxygen atoms in total. The molecule has 0 amide bonds. The first-order chi connectivity index (χ1) is 10.9. The molecule has 122 valence electrons. The van der Waals surface area contributed by atoms with Crippen molar-refractivity contribution in [3.05, 3.63) is 41.3 Å². The first-order valence-corrected chi connectivity index (χ1v) is 9.74. The zero-order chi connectivity index (χ0) is 16.6. The zero-order valence-electron chi connectivity index (χ0n) is 12.6. The predicted octanol–water partition coefficient (Wildman–Crippen LogP) is 3.23. The molecule has 0 radical (unpaired) electrons. The Kier molecular flexibility index (Phi) is 4.31. The lowest BCUT2D eigenvalue weighted by Gasteiger charge is -2.20. The smallest absolute Gasteiger partial charge is 0.273 e. The molecule has 1 atom stereocenters. The van der Waals surface area contributed by atoms with E-state index in [1.807, 2.05) is 19.1 Å². The van der Waals surface area contributed by atoms with Crippen LogP contribution in [0.25, 0.3) is 0 Å². The van der Waals surface area contributed by atoms with E-state index >= 15 is 0 Å². The minimum Gasteiger partial charge on any atom is -0.467 e. The molecule has 3 rings (SSSR count). The lowest BCUT2D eigenvalue weighted by molar-refractivity contribution is 0.217. The van der Waals surface area contributed by atoms with E-state index < -0.39 is 10.0 Å². The number of nitrogens with zero attached hydrogens (tertiary/aromatic N) is 1. The molecule has 0 aliphatic carbocycles. The van der Waals surface area contributed by atoms with Gasteiger partial charge in [0.05, 0.1) is 5.69 Å². The number of thiophene rings is 1. The number of ether oxygens (including phenoxy) is 1. The minimum absolute atomic E-state index is 0.0642. The number of hydrogen-bond donors (Lipinski definition) is 1. The molecular formula is C15H16N2O3S3. The van der Waals surface area contributed by atoms with Crippen LogP contribution >= 0.6 is 23.6 Å². The number of hydrogen-bond acceptors (Lipinski definition) is 5. The first-order valence-electron chi connectivity index (χ1n) is 7.01.